The molecule has 0 aliphatic heterocycles. The molecular formula is C10H13F3N2O2. The SMILES string of the molecule is CCc1nc(COCC(F)(F)F)ncc1CO. The number of aliphatic hydroxyl groups is 1. The maximum absolute atomic E-state index is 11.8. The highest BCUT2D eigenvalue weighted by molar-refractivity contribution is 5.16. The highest BCUT2D eigenvalue weighted by Gasteiger charge is 2.27. The molecule has 1 heterocycles. The Morgan fingerprint density at radius 3 is 2.65 bits per heavy atom. The largest absolute Gasteiger partial charge is 0.411 e. The molecule has 0 aromatic carbocycles. The first kappa shape index (κ1) is 13.9. The first-order valence-corrected chi connectivity index (χ1v) is 5.05. The Balaban J connectivity index is 2.60. The Morgan fingerprint density at radius 2 is 2.12 bits per heavy atom. The summed E-state index contributed by atoms with van der Waals surface area (Å²) in [6.45, 7) is 0.0342. The second-order valence-corrected chi connectivity index (χ2v) is 3.38. The zero-order valence-electron chi connectivity index (χ0n) is 9.29. The van der Waals surface area contributed by atoms with Gasteiger partial charge in [0.05, 0.1) is 6.61 Å². The smallest absolute Gasteiger partial charge is 0.392 e. The van der Waals surface area contributed by atoms with E-state index < -0.39 is 12.8 Å². The first-order chi connectivity index (χ1) is 7.96. The molecule has 4 nitrogen and oxygen atoms in total. The van der Waals surface area contributed by atoms with E-state index in [0.717, 1.165) is 0 Å². The van der Waals surface area contributed by atoms with E-state index in [-0.39, 0.29) is 19.0 Å². The number of aromatic nitrogens is 2. The summed E-state index contributed by atoms with van der Waals surface area (Å²) in [6.07, 6.45) is -2.37. The highest BCUT2D eigenvalue weighted by Crippen LogP contribution is 2.15. The van der Waals surface area contributed by atoms with Crippen molar-refractivity contribution in [3.05, 3.63) is 23.3 Å². The molecular weight excluding hydrogens is 237 g/mol. The number of alkyl halides is 3. The number of hydrogen-bond acceptors (Lipinski definition) is 4. The van der Waals surface area contributed by atoms with Gasteiger partial charge in [0.15, 0.2) is 5.82 Å². The maximum Gasteiger partial charge on any atom is 0.411 e. The van der Waals surface area contributed by atoms with Crippen LogP contribution in [0.2, 0.25) is 0 Å². The summed E-state index contributed by atoms with van der Waals surface area (Å²) in [4.78, 5) is 7.83. The normalized spacial score (nSPS) is 11.8. The van der Waals surface area contributed by atoms with Gasteiger partial charge in [-0.05, 0) is 6.42 Å². The number of aliphatic hydroxyl groups excluding tert-OH is 1. The van der Waals surface area contributed by atoms with Crippen molar-refractivity contribution in [1.29, 1.82) is 0 Å². The lowest BCUT2D eigenvalue weighted by Crippen LogP contribution is -2.17. The van der Waals surface area contributed by atoms with Gasteiger partial charge in [0.25, 0.3) is 0 Å². The molecule has 1 rings (SSSR count). The van der Waals surface area contributed by atoms with Crippen molar-refractivity contribution in [1.82, 2.24) is 9.97 Å². The fourth-order valence-corrected chi connectivity index (χ4v) is 1.25. The molecule has 0 saturated carbocycles. The van der Waals surface area contributed by atoms with Gasteiger partial charge >= 0.3 is 6.18 Å². The Kier molecular flexibility index (Phi) is 4.83. The number of ether oxygens (including phenoxy) is 1. The standard InChI is InChI=1S/C10H13F3N2O2/c1-2-8-7(4-16)3-14-9(15-8)5-17-6-10(11,12)13/h3,16H,2,4-6H2,1H3. The molecule has 0 atom stereocenters. The van der Waals surface area contributed by atoms with Crippen LogP contribution in [-0.2, 0) is 24.4 Å². The van der Waals surface area contributed by atoms with E-state index in [9.17, 15) is 13.2 Å². The van der Waals surface area contributed by atoms with E-state index in [1.54, 1.807) is 0 Å². The lowest BCUT2D eigenvalue weighted by molar-refractivity contribution is -0.177. The van der Waals surface area contributed by atoms with Gasteiger partial charge in [0, 0.05) is 17.5 Å². The van der Waals surface area contributed by atoms with Crippen molar-refractivity contribution in [3.8, 4) is 0 Å². The molecule has 0 aliphatic carbocycles. The Bertz CT molecular complexity index is 369. The molecule has 1 aromatic rings. The van der Waals surface area contributed by atoms with Crippen LogP contribution in [0.3, 0.4) is 0 Å². The van der Waals surface area contributed by atoms with Crippen LogP contribution in [0.25, 0.3) is 0 Å². The Labute approximate surface area is 96.5 Å². The molecule has 0 bridgehead atoms. The zero-order valence-corrected chi connectivity index (χ0v) is 9.29. The van der Waals surface area contributed by atoms with E-state index in [1.165, 1.54) is 6.20 Å². The van der Waals surface area contributed by atoms with Gasteiger partial charge in [-0.2, -0.15) is 13.2 Å². The third-order valence-electron chi connectivity index (χ3n) is 2.01. The van der Waals surface area contributed by atoms with Crippen LogP contribution in [-0.4, -0.2) is 27.9 Å². The van der Waals surface area contributed by atoms with Crippen LogP contribution in [0.4, 0.5) is 13.2 Å². The van der Waals surface area contributed by atoms with Gasteiger partial charge in [-0.1, -0.05) is 6.92 Å². The average Bonchev–Trinajstić information content (AvgIpc) is 2.27. The molecule has 0 amide bonds. The van der Waals surface area contributed by atoms with E-state index in [2.05, 4.69) is 14.7 Å². The van der Waals surface area contributed by atoms with Gasteiger partial charge in [-0.25, -0.2) is 9.97 Å². The van der Waals surface area contributed by atoms with E-state index in [0.29, 0.717) is 17.7 Å². The number of aryl methyl sites for hydroxylation is 1. The Hall–Kier alpha value is -1.21. The summed E-state index contributed by atoms with van der Waals surface area (Å²) in [7, 11) is 0. The van der Waals surface area contributed by atoms with Crippen molar-refractivity contribution < 1.29 is 23.0 Å². The minimum absolute atomic E-state index is 0.184. The lowest BCUT2D eigenvalue weighted by atomic mass is 10.2. The van der Waals surface area contributed by atoms with Crippen LogP contribution < -0.4 is 0 Å². The summed E-state index contributed by atoms with van der Waals surface area (Å²) in [5, 5.41) is 8.96. The molecule has 0 radical (unpaired) electrons. The van der Waals surface area contributed by atoms with Gasteiger partial charge in [-0.15, -0.1) is 0 Å². The van der Waals surface area contributed by atoms with Crippen LogP contribution in [0.1, 0.15) is 24.0 Å². The lowest BCUT2D eigenvalue weighted by Gasteiger charge is -2.08. The Morgan fingerprint density at radius 1 is 1.41 bits per heavy atom. The van der Waals surface area contributed by atoms with Crippen molar-refractivity contribution in [3.63, 3.8) is 0 Å². The third kappa shape index (κ3) is 4.66. The van der Waals surface area contributed by atoms with Gasteiger partial charge in [0.2, 0.25) is 0 Å². The molecule has 96 valence electrons. The highest BCUT2D eigenvalue weighted by atomic mass is 19.4. The number of rotatable bonds is 5. The fourth-order valence-electron chi connectivity index (χ4n) is 1.25. The number of hydrogen-bond donors (Lipinski definition) is 1. The predicted octanol–water partition coefficient (Wildman–Crippen LogP) is 1.61. The fraction of sp³-hybridized carbons (Fsp3) is 0.600. The average molecular weight is 250 g/mol. The minimum Gasteiger partial charge on any atom is -0.392 e. The van der Waals surface area contributed by atoms with Gasteiger partial charge in [0.1, 0.15) is 13.2 Å². The number of nitrogens with zero attached hydrogens (tertiary/aromatic N) is 2. The zero-order chi connectivity index (χ0) is 12.9. The molecule has 1 aromatic heterocycles. The molecule has 0 aliphatic rings. The van der Waals surface area contributed by atoms with Crippen LogP contribution in [0.5, 0.6) is 0 Å². The summed E-state index contributed by atoms with van der Waals surface area (Å²) in [5.41, 5.74) is 1.19. The summed E-state index contributed by atoms with van der Waals surface area (Å²) in [5.74, 6) is 0.184. The van der Waals surface area contributed by atoms with Crippen molar-refractivity contribution in [2.24, 2.45) is 0 Å². The van der Waals surface area contributed by atoms with Crippen LogP contribution >= 0.6 is 0 Å². The molecule has 1 N–H and O–H groups in total. The molecule has 7 heteroatoms. The van der Waals surface area contributed by atoms with Crippen molar-refractivity contribution in [2.75, 3.05) is 6.61 Å². The first-order valence-electron chi connectivity index (χ1n) is 5.05. The maximum atomic E-state index is 11.8. The van der Waals surface area contributed by atoms with E-state index >= 15 is 0 Å². The van der Waals surface area contributed by atoms with Crippen molar-refractivity contribution in [2.45, 2.75) is 32.7 Å². The summed E-state index contributed by atoms with van der Waals surface area (Å²) >= 11 is 0. The van der Waals surface area contributed by atoms with Gasteiger partial charge in [-0.3, -0.25) is 0 Å². The summed E-state index contributed by atoms with van der Waals surface area (Å²) < 4.78 is 39.9. The summed E-state index contributed by atoms with van der Waals surface area (Å²) in [6, 6.07) is 0. The third-order valence-corrected chi connectivity index (χ3v) is 2.01. The topological polar surface area (TPSA) is 55.2 Å². The number of halogens is 3. The van der Waals surface area contributed by atoms with Crippen LogP contribution in [0.15, 0.2) is 6.20 Å². The van der Waals surface area contributed by atoms with E-state index in [4.69, 9.17) is 5.11 Å². The molecule has 0 saturated heterocycles. The monoisotopic (exact) mass is 250 g/mol. The van der Waals surface area contributed by atoms with Crippen LogP contribution in [0, 0.1) is 0 Å². The molecule has 0 unspecified atom stereocenters. The molecule has 0 fully saturated rings. The quantitative estimate of drug-likeness (QED) is 0.862. The van der Waals surface area contributed by atoms with Gasteiger partial charge < -0.3 is 9.84 Å². The second-order valence-electron chi connectivity index (χ2n) is 3.38. The minimum atomic E-state index is -4.35. The van der Waals surface area contributed by atoms with Crippen molar-refractivity contribution >= 4 is 0 Å². The molecule has 0 spiro atoms. The second kappa shape index (κ2) is 5.92. The van der Waals surface area contributed by atoms with E-state index in [1.807, 2.05) is 6.92 Å². The predicted molar refractivity (Wildman–Crippen MR) is 53.0 cm³/mol. The molecule has 17 heavy (non-hydrogen) atoms.